The van der Waals surface area contributed by atoms with Gasteiger partial charge in [-0.15, -0.1) is 0 Å². The maximum absolute atomic E-state index is 13.7. The first kappa shape index (κ1) is 29.8. The molecule has 3 heterocycles. The summed E-state index contributed by atoms with van der Waals surface area (Å²) in [6, 6.07) is 11.4. The van der Waals surface area contributed by atoms with Crippen LogP contribution in [-0.2, 0) is 20.0 Å². The molecule has 1 amide bonds. The number of nitrogens with one attached hydrogen (secondary N) is 1. The maximum atomic E-state index is 13.7. The Bertz CT molecular complexity index is 2030. The molecule has 4 aromatic rings. The van der Waals surface area contributed by atoms with Crippen LogP contribution in [0.4, 0.5) is 15.9 Å². The number of hydrogen-bond acceptors (Lipinski definition) is 9. The van der Waals surface area contributed by atoms with E-state index in [9.17, 15) is 36.1 Å². The molecule has 2 aromatic carbocycles. The summed E-state index contributed by atoms with van der Waals surface area (Å²) in [5, 5.41) is 14.3. The van der Waals surface area contributed by atoms with Gasteiger partial charge in [0.05, 0.1) is 22.1 Å². The van der Waals surface area contributed by atoms with E-state index in [-0.39, 0.29) is 52.5 Å². The van der Waals surface area contributed by atoms with E-state index in [0.717, 1.165) is 27.0 Å². The Morgan fingerprint density at radius 2 is 1.79 bits per heavy atom. The molecule has 0 fully saturated rings. The van der Waals surface area contributed by atoms with E-state index < -0.39 is 53.8 Å². The summed E-state index contributed by atoms with van der Waals surface area (Å²) in [6.45, 7) is 2.84. The molecule has 0 spiro atoms. The van der Waals surface area contributed by atoms with Crippen molar-refractivity contribution in [1.82, 2.24) is 14.6 Å². The number of hydrogen-bond donors (Lipinski definition) is 1. The number of amides is 1. The van der Waals surface area contributed by atoms with Crippen LogP contribution in [0.5, 0.6) is 0 Å². The monoisotopic (exact) mass is 629 g/mol. The molecule has 0 atom stereocenters. The number of benzene rings is 2. The first-order valence-corrected chi connectivity index (χ1v) is 15.9. The second-order valence-corrected chi connectivity index (χ2v) is 13.4. The molecule has 2 aromatic heterocycles. The fraction of sp³-hybridized carbons (Fsp3) is 0.185. The molecule has 0 unspecified atom stereocenters. The van der Waals surface area contributed by atoms with Crippen LogP contribution >= 0.6 is 0 Å². The van der Waals surface area contributed by atoms with E-state index in [1.54, 1.807) is 0 Å². The maximum Gasteiger partial charge on any atom is 0.289 e. The Balaban J connectivity index is 1.71. The van der Waals surface area contributed by atoms with Crippen molar-refractivity contribution in [3.63, 3.8) is 0 Å². The third-order valence-electron chi connectivity index (χ3n) is 6.84. The van der Waals surface area contributed by atoms with Gasteiger partial charge >= 0.3 is 0 Å². The lowest BCUT2D eigenvalue weighted by molar-refractivity contribution is -0.387. The average Bonchev–Trinajstić information content (AvgIpc) is 3.32. The van der Waals surface area contributed by atoms with Gasteiger partial charge in [-0.05, 0) is 42.0 Å². The average molecular weight is 630 g/mol. The minimum absolute atomic E-state index is 0.0320. The van der Waals surface area contributed by atoms with Gasteiger partial charge in [-0.3, -0.25) is 19.2 Å². The third kappa shape index (κ3) is 5.35. The number of aromatic nitrogens is 1. The van der Waals surface area contributed by atoms with Gasteiger partial charge in [-0.1, -0.05) is 18.7 Å². The van der Waals surface area contributed by atoms with Crippen LogP contribution in [0.1, 0.15) is 15.9 Å². The van der Waals surface area contributed by atoms with Gasteiger partial charge in [0.2, 0.25) is 25.8 Å². The van der Waals surface area contributed by atoms with Crippen LogP contribution in [0, 0.1) is 15.9 Å². The molecule has 224 valence electrons. The zero-order valence-electron chi connectivity index (χ0n) is 22.8. The number of fused-ring (bicyclic) bond motifs is 2. The number of furan rings is 1. The molecule has 43 heavy (non-hydrogen) atoms. The lowest BCUT2D eigenvalue weighted by atomic mass is 10.0. The van der Waals surface area contributed by atoms with Crippen molar-refractivity contribution in [3.8, 4) is 11.3 Å². The largest absolute Gasteiger partial charge is 0.437 e. The molecule has 0 saturated heterocycles. The number of nitro groups is 1. The zero-order chi connectivity index (χ0) is 31.3. The Labute approximate surface area is 245 Å². The summed E-state index contributed by atoms with van der Waals surface area (Å²) in [7, 11) is -7.18. The van der Waals surface area contributed by atoms with E-state index >= 15 is 0 Å². The van der Waals surface area contributed by atoms with Crippen LogP contribution < -0.4 is 9.62 Å². The summed E-state index contributed by atoms with van der Waals surface area (Å²) in [4.78, 5) is 27.7. The lowest BCUT2D eigenvalue weighted by Crippen LogP contribution is -2.44. The molecule has 0 saturated carbocycles. The van der Waals surface area contributed by atoms with Gasteiger partial charge in [0.15, 0.2) is 10.7 Å². The van der Waals surface area contributed by atoms with Crippen LogP contribution in [0.25, 0.3) is 28.0 Å². The second kappa shape index (κ2) is 10.9. The quantitative estimate of drug-likeness (QED) is 0.248. The van der Waals surface area contributed by atoms with Crippen LogP contribution in [0.2, 0.25) is 0 Å². The number of nitro benzene ring substituents is 1. The van der Waals surface area contributed by atoms with Gasteiger partial charge in [-0.25, -0.2) is 21.2 Å². The van der Waals surface area contributed by atoms with Gasteiger partial charge in [0.25, 0.3) is 11.6 Å². The molecule has 1 N–H and O–H groups in total. The SMILES string of the molecule is C=C1CN(S(=O)(=O)c2ccccc2[N+](=O)[O-])CCN(S(C)(=O)=O)c2nc3oc(-c4ccc(F)cc4)c(C(=O)NC)c3cc21. The van der Waals surface area contributed by atoms with Crippen LogP contribution in [-0.4, -0.2) is 69.9 Å². The summed E-state index contributed by atoms with van der Waals surface area (Å²) in [5.74, 6) is -1.14. The Kier molecular flexibility index (Phi) is 7.53. The number of halogens is 1. The highest BCUT2D eigenvalue weighted by Gasteiger charge is 2.36. The lowest BCUT2D eigenvalue weighted by Gasteiger charge is -2.31. The highest BCUT2D eigenvalue weighted by molar-refractivity contribution is 7.92. The first-order valence-electron chi connectivity index (χ1n) is 12.6. The molecule has 0 radical (unpaired) electrons. The molecule has 16 heteroatoms. The van der Waals surface area contributed by atoms with Gasteiger partial charge in [-0.2, -0.15) is 9.29 Å². The smallest absolute Gasteiger partial charge is 0.289 e. The van der Waals surface area contributed by atoms with E-state index in [2.05, 4.69) is 16.9 Å². The topological polar surface area (TPSA) is 173 Å². The van der Waals surface area contributed by atoms with Crippen molar-refractivity contribution < 1.29 is 35.4 Å². The predicted molar refractivity (Wildman–Crippen MR) is 156 cm³/mol. The number of rotatable bonds is 6. The minimum Gasteiger partial charge on any atom is -0.437 e. The van der Waals surface area contributed by atoms with Gasteiger partial charge in [0.1, 0.15) is 11.6 Å². The summed E-state index contributed by atoms with van der Waals surface area (Å²) < 4.78 is 74.6. The Morgan fingerprint density at radius 1 is 1.12 bits per heavy atom. The molecule has 0 aliphatic carbocycles. The summed E-state index contributed by atoms with van der Waals surface area (Å²) >= 11 is 0. The summed E-state index contributed by atoms with van der Waals surface area (Å²) in [6.07, 6.45) is 0.913. The molecule has 13 nitrogen and oxygen atoms in total. The number of sulfonamides is 2. The number of anilines is 1. The fourth-order valence-corrected chi connectivity index (χ4v) is 7.25. The fourth-order valence-electron chi connectivity index (χ4n) is 4.80. The van der Waals surface area contributed by atoms with Crippen LogP contribution in [0.3, 0.4) is 0 Å². The third-order valence-corrected chi connectivity index (χ3v) is 9.89. The number of carbonyl (C=O) groups excluding carboxylic acids is 1. The van der Waals surface area contributed by atoms with Crippen molar-refractivity contribution in [1.29, 1.82) is 0 Å². The standard InChI is InChI=1S/C27H24FN5O8S2/c1-16-15-31(43(39,40)22-7-5-4-6-21(22)33(35)36)12-13-32(42(3,37)38)25-19(16)14-20-23(26(34)29-2)24(41-27(20)30-25)17-8-10-18(28)11-9-17/h4-11,14H,1,12-13,15H2,2-3H3,(H,29,34). The molecule has 1 aliphatic rings. The molecular formula is C27H24FN5O8S2. The molecular weight excluding hydrogens is 605 g/mol. The number of nitrogens with zero attached hydrogens (tertiary/aromatic N) is 4. The van der Waals surface area contributed by atoms with E-state index in [0.29, 0.717) is 5.56 Å². The van der Waals surface area contributed by atoms with Crippen molar-refractivity contribution >= 4 is 54.1 Å². The number of carbonyl (C=O) groups is 1. The van der Waals surface area contributed by atoms with Crippen molar-refractivity contribution in [2.24, 2.45) is 0 Å². The number of pyridine rings is 1. The predicted octanol–water partition coefficient (Wildman–Crippen LogP) is 3.39. The highest BCUT2D eigenvalue weighted by atomic mass is 32.2. The first-order chi connectivity index (χ1) is 20.2. The number of para-hydroxylation sites is 1. The van der Waals surface area contributed by atoms with Gasteiger partial charge in [0, 0.05) is 43.9 Å². The van der Waals surface area contributed by atoms with Crippen molar-refractivity contribution in [2.75, 3.05) is 37.2 Å². The summed E-state index contributed by atoms with van der Waals surface area (Å²) in [5.41, 5.74) is -0.135. The molecule has 5 rings (SSSR count). The minimum atomic E-state index is -4.51. The van der Waals surface area contributed by atoms with Crippen molar-refractivity contribution in [2.45, 2.75) is 4.90 Å². The van der Waals surface area contributed by atoms with E-state index in [1.807, 2.05) is 0 Å². The van der Waals surface area contributed by atoms with Gasteiger partial charge < -0.3 is 9.73 Å². The Morgan fingerprint density at radius 3 is 2.42 bits per heavy atom. The van der Waals surface area contributed by atoms with Crippen molar-refractivity contribution in [3.05, 3.63) is 88.2 Å². The normalized spacial score (nSPS) is 14.7. The Hall–Kier alpha value is -4.67. The van der Waals surface area contributed by atoms with Crippen LogP contribution in [0.15, 0.2) is 70.5 Å². The zero-order valence-corrected chi connectivity index (χ0v) is 24.4. The second-order valence-electron chi connectivity index (χ2n) is 9.61. The van der Waals surface area contributed by atoms with E-state index in [4.69, 9.17) is 4.42 Å². The molecule has 1 aliphatic heterocycles. The molecule has 0 bridgehead atoms. The van der Waals surface area contributed by atoms with E-state index in [1.165, 1.54) is 49.5 Å². The highest BCUT2D eigenvalue weighted by Crippen LogP contribution is 2.39.